The van der Waals surface area contributed by atoms with Crippen molar-refractivity contribution in [3.63, 3.8) is 0 Å². The van der Waals surface area contributed by atoms with E-state index in [-0.39, 0.29) is 24.1 Å². The zero-order chi connectivity index (χ0) is 27.9. The third-order valence-electron chi connectivity index (χ3n) is 5.79. The summed E-state index contributed by atoms with van der Waals surface area (Å²) in [6.45, 7) is 3.98. The molecule has 0 unspecified atom stereocenters. The summed E-state index contributed by atoms with van der Waals surface area (Å²) in [7, 11) is 0. The van der Waals surface area contributed by atoms with E-state index in [1.54, 1.807) is 0 Å². The minimum absolute atomic E-state index is 0.0232. The van der Waals surface area contributed by atoms with Gasteiger partial charge in [0.2, 0.25) is 0 Å². The first kappa shape index (κ1) is 29.1. The molecular formula is C28H29F5N2O3. The fraction of sp³-hybridized carbons (Fsp3) is 0.321. The fourth-order valence-corrected chi connectivity index (χ4v) is 4.06. The molecular weight excluding hydrogens is 507 g/mol. The summed E-state index contributed by atoms with van der Waals surface area (Å²) in [5.74, 6) is -2.98. The molecule has 0 saturated carbocycles. The van der Waals surface area contributed by atoms with Gasteiger partial charge in [0.15, 0.2) is 0 Å². The molecule has 0 saturated heterocycles. The van der Waals surface area contributed by atoms with Crippen LogP contribution in [0.1, 0.15) is 39.5 Å². The third kappa shape index (κ3) is 9.11. The Morgan fingerprint density at radius 1 is 0.974 bits per heavy atom. The molecule has 0 heterocycles. The largest absolute Gasteiger partial charge is 0.573 e. The second-order valence-corrected chi connectivity index (χ2v) is 9.02. The second-order valence-electron chi connectivity index (χ2n) is 9.02. The number of ether oxygens (including phenoxy) is 1. The van der Waals surface area contributed by atoms with Crippen molar-refractivity contribution in [3.05, 3.63) is 100 Å². The van der Waals surface area contributed by atoms with Crippen molar-refractivity contribution < 1.29 is 36.6 Å². The Kier molecular flexibility index (Phi) is 9.82. The minimum Gasteiger partial charge on any atom is -0.406 e. The number of carbonyl (C=O) groups excluding carboxylic acids is 1. The Labute approximate surface area is 217 Å². The molecule has 2 atom stereocenters. The van der Waals surface area contributed by atoms with Crippen LogP contribution < -0.4 is 15.4 Å². The van der Waals surface area contributed by atoms with Crippen molar-refractivity contribution in [1.82, 2.24) is 10.6 Å². The maximum atomic E-state index is 13.8. The van der Waals surface area contributed by atoms with E-state index < -0.39 is 41.8 Å². The van der Waals surface area contributed by atoms with Gasteiger partial charge in [0.05, 0.1) is 12.1 Å². The van der Waals surface area contributed by atoms with E-state index in [1.165, 1.54) is 13.0 Å². The van der Waals surface area contributed by atoms with E-state index in [0.717, 1.165) is 41.8 Å². The summed E-state index contributed by atoms with van der Waals surface area (Å²) >= 11 is 0. The summed E-state index contributed by atoms with van der Waals surface area (Å²) in [6, 6.07) is 13.1. The lowest BCUT2D eigenvalue weighted by atomic mass is 9.99. The number of amides is 1. The van der Waals surface area contributed by atoms with Gasteiger partial charge in [0.1, 0.15) is 17.4 Å². The van der Waals surface area contributed by atoms with Crippen LogP contribution >= 0.6 is 0 Å². The molecule has 3 rings (SSSR count). The predicted molar refractivity (Wildman–Crippen MR) is 133 cm³/mol. The highest BCUT2D eigenvalue weighted by Crippen LogP contribution is 2.25. The van der Waals surface area contributed by atoms with E-state index in [1.807, 2.05) is 31.2 Å². The van der Waals surface area contributed by atoms with E-state index in [9.17, 15) is 31.9 Å². The van der Waals surface area contributed by atoms with Crippen molar-refractivity contribution in [3.8, 4) is 5.75 Å². The molecule has 0 radical (unpaired) electrons. The SMILES string of the molecule is CCc1cccc(CNC[C@H](O)[C@H](Cc2cc(F)cc(F)c2)NC(=O)c2cc(C)cc(OC(F)(F)F)c2)c1. The van der Waals surface area contributed by atoms with E-state index >= 15 is 0 Å². The van der Waals surface area contributed by atoms with Gasteiger partial charge < -0.3 is 20.5 Å². The average molecular weight is 537 g/mol. The molecule has 0 aliphatic rings. The fourth-order valence-electron chi connectivity index (χ4n) is 4.06. The quantitative estimate of drug-likeness (QED) is 0.294. The van der Waals surface area contributed by atoms with Gasteiger partial charge >= 0.3 is 6.36 Å². The third-order valence-corrected chi connectivity index (χ3v) is 5.79. The molecule has 0 aromatic heterocycles. The Morgan fingerprint density at radius 3 is 2.32 bits per heavy atom. The second kappa shape index (κ2) is 12.8. The topological polar surface area (TPSA) is 70.6 Å². The number of hydrogen-bond acceptors (Lipinski definition) is 4. The van der Waals surface area contributed by atoms with Crippen LogP contribution in [-0.4, -0.2) is 36.1 Å². The smallest absolute Gasteiger partial charge is 0.406 e. The van der Waals surface area contributed by atoms with Crippen LogP contribution in [0.25, 0.3) is 0 Å². The molecule has 0 aliphatic carbocycles. The Bertz CT molecular complexity index is 1230. The summed E-state index contributed by atoms with van der Waals surface area (Å²) in [5, 5.41) is 16.6. The number of rotatable bonds is 11. The van der Waals surface area contributed by atoms with Gasteiger partial charge in [-0.2, -0.15) is 0 Å². The van der Waals surface area contributed by atoms with Crippen LogP contribution in [0.5, 0.6) is 5.75 Å². The molecule has 1 amide bonds. The maximum Gasteiger partial charge on any atom is 0.573 e. The van der Waals surface area contributed by atoms with Crippen molar-refractivity contribution in [2.24, 2.45) is 0 Å². The van der Waals surface area contributed by atoms with Crippen LogP contribution in [0.4, 0.5) is 22.0 Å². The van der Waals surface area contributed by atoms with Gasteiger partial charge in [0, 0.05) is 24.7 Å². The lowest BCUT2D eigenvalue weighted by Gasteiger charge is -2.25. The number of aliphatic hydroxyl groups is 1. The summed E-state index contributed by atoms with van der Waals surface area (Å²) in [6.07, 6.45) is -5.41. The van der Waals surface area contributed by atoms with Gasteiger partial charge in [0.25, 0.3) is 5.91 Å². The van der Waals surface area contributed by atoms with Crippen LogP contribution in [0.3, 0.4) is 0 Å². The molecule has 3 aromatic carbocycles. The Balaban J connectivity index is 1.77. The number of alkyl halides is 3. The molecule has 0 bridgehead atoms. The highest BCUT2D eigenvalue weighted by molar-refractivity contribution is 5.95. The number of hydrogen-bond donors (Lipinski definition) is 3. The van der Waals surface area contributed by atoms with Gasteiger partial charge in [-0.15, -0.1) is 13.2 Å². The van der Waals surface area contributed by atoms with Crippen molar-refractivity contribution in [1.29, 1.82) is 0 Å². The zero-order valence-corrected chi connectivity index (χ0v) is 20.9. The van der Waals surface area contributed by atoms with Crippen molar-refractivity contribution >= 4 is 5.91 Å². The lowest BCUT2D eigenvalue weighted by molar-refractivity contribution is -0.274. The highest BCUT2D eigenvalue weighted by atomic mass is 19.4. The molecule has 204 valence electrons. The standard InChI is InChI=1S/C28H29F5N2O3/c1-3-18-5-4-6-19(9-18)15-34-16-26(36)25(12-20-10-22(29)14-23(30)11-20)35-27(37)21-7-17(2)8-24(13-21)38-28(31,32)33/h4-11,13-14,25-26,34,36H,3,12,15-16H2,1-2H3,(H,35,37)/t25-,26-/m0/s1. The molecule has 3 N–H and O–H groups in total. The summed E-state index contributed by atoms with van der Waals surface area (Å²) in [5.41, 5.74) is 2.54. The number of halogens is 5. The maximum absolute atomic E-state index is 13.8. The number of carbonyl (C=O) groups is 1. The Morgan fingerprint density at radius 2 is 1.66 bits per heavy atom. The van der Waals surface area contributed by atoms with Crippen LogP contribution in [0.15, 0.2) is 60.7 Å². The monoisotopic (exact) mass is 536 g/mol. The van der Waals surface area contributed by atoms with Gasteiger partial charge in [-0.25, -0.2) is 8.78 Å². The molecule has 38 heavy (non-hydrogen) atoms. The minimum atomic E-state index is -4.94. The number of nitrogens with one attached hydrogen (secondary N) is 2. The number of aliphatic hydroxyl groups excluding tert-OH is 1. The average Bonchev–Trinajstić information content (AvgIpc) is 2.81. The van der Waals surface area contributed by atoms with E-state index in [4.69, 9.17) is 0 Å². The normalized spacial score (nSPS) is 13.2. The number of aryl methyl sites for hydroxylation is 2. The molecule has 10 heteroatoms. The van der Waals surface area contributed by atoms with E-state index in [2.05, 4.69) is 15.4 Å². The molecule has 0 fully saturated rings. The number of benzene rings is 3. The van der Waals surface area contributed by atoms with Crippen LogP contribution in [0.2, 0.25) is 0 Å². The zero-order valence-electron chi connectivity index (χ0n) is 20.9. The Hall–Kier alpha value is -3.50. The molecule has 0 spiro atoms. The molecule has 0 aliphatic heterocycles. The van der Waals surface area contributed by atoms with Gasteiger partial charge in [-0.1, -0.05) is 31.2 Å². The first-order chi connectivity index (χ1) is 17.9. The first-order valence-electron chi connectivity index (χ1n) is 12.0. The summed E-state index contributed by atoms with van der Waals surface area (Å²) < 4.78 is 69.6. The van der Waals surface area contributed by atoms with Gasteiger partial charge in [-0.3, -0.25) is 4.79 Å². The molecule has 5 nitrogen and oxygen atoms in total. The summed E-state index contributed by atoms with van der Waals surface area (Å²) in [4.78, 5) is 13.0. The highest BCUT2D eigenvalue weighted by Gasteiger charge is 2.31. The van der Waals surface area contributed by atoms with E-state index in [0.29, 0.717) is 18.2 Å². The predicted octanol–water partition coefficient (Wildman–Crippen LogP) is 5.23. The first-order valence-corrected chi connectivity index (χ1v) is 12.0. The van der Waals surface area contributed by atoms with Crippen LogP contribution in [-0.2, 0) is 19.4 Å². The van der Waals surface area contributed by atoms with Crippen molar-refractivity contribution in [2.75, 3.05) is 6.54 Å². The van der Waals surface area contributed by atoms with Crippen LogP contribution in [0, 0.1) is 18.6 Å². The lowest BCUT2D eigenvalue weighted by Crippen LogP contribution is -2.48. The van der Waals surface area contributed by atoms with Crippen molar-refractivity contribution in [2.45, 2.75) is 51.7 Å². The van der Waals surface area contributed by atoms with Gasteiger partial charge in [-0.05, 0) is 72.4 Å². The molecule has 3 aromatic rings.